The first-order valence-electron chi connectivity index (χ1n) is 9.74. The van der Waals surface area contributed by atoms with Gasteiger partial charge in [-0.05, 0) is 48.6 Å². The lowest BCUT2D eigenvalue weighted by Crippen LogP contribution is -2.46. The molecule has 1 aliphatic carbocycles. The Kier molecular flexibility index (Phi) is 7.47. The molecule has 0 spiro atoms. The summed E-state index contributed by atoms with van der Waals surface area (Å²) in [6.45, 7) is 2.96. The molecule has 146 valence electrons. The van der Waals surface area contributed by atoms with Crippen LogP contribution >= 0.6 is 22.7 Å². The predicted molar refractivity (Wildman–Crippen MR) is 112 cm³/mol. The van der Waals surface area contributed by atoms with Crippen LogP contribution in [0.25, 0.3) is 0 Å². The standard InChI is InChI=1S/C21H28N2O2S2/c1-16(22-20(24)13-17-7-3-2-4-8-17)21(25)23(14-18-9-5-11-26-18)15-19-10-6-12-27-19/h5-6,9-12,16-17H,2-4,7-8,13-15H2,1H3,(H,22,24). The molecule has 0 radical (unpaired) electrons. The van der Waals surface area contributed by atoms with Crippen LogP contribution in [0.5, 0.6) is 0 Å². The van der Waals surface area contributed by atoms with Crippen molar-refractivity contribution in [2.75, 3.05) is 0 Å². The fraction of sp³-hybridized carbons (Fsp3) is 0.524. The van der Waals surface area contributed by atoms with Crippen LogP contribution in [0, 0.1) is 5.92 Å². The minimum Gasteiger partial charge on any atom is -0.345 e. The minimum absolute atomic E-state index is 0.00921. The van der Waals surface area contributed by atoms with Gasteiger partial charge in [0.1, 0.15) is 6.04 Å². The fourth-order valence-electron chi connectivity index (χ4n) is 3.68. The smallest absolute Gasteiger partial charge is 0.245 e. The summed E-state index contributed by atoms with van der Waals surface area (Å²) in [4.78, 5) is 29.6. The summed E-state index contributed by atoms with van der Waals surface area (Å²) in [6, 6.07) is 7.60. The van der Waals surface area contributed by atoms with Gasteiger partial charge < -0.3 is 10.2 Å². The SMILES string of the molecule is CC(NC(=O)CC1CCCCC1)C(=O)N(Cc1cccs1)Cc1cccs1. The molecule has 2 aromatic rings. The molecule has 2 aromatic heterocycles. The van der Waals surface area contributed by atoms with Crippen molar-refractivity contribution in [1.82, 2.24) is 10.2 Å². The van der Waals surface area contributed by atoms with Crippen molar-refractivity contribution >= 4 is 34.5 Å². The van der Waals surface area contributed by atoms with Crippen LogP contribution in [0.15, 0.2) is 35.0 Å². The van der Waals surface area contributed by atoms with E-state index in [1.807, 2.05) is 39.9 Å². The first-order chi connectivity index (χ1) is 13.1. The summed E-state index contributed by atoms with van der Waals surface area (Å²) in [6.07, 6.45) is 6.56. The third kappa shape index (κ3) is 6.18. The average molecular weight is 405 g/mol. The molecule has 1 aliphatic rings. The Morgan fingerprint density at radius 3 is 2.19 bits per heavy atom. The summed E-state index contributed by atoms with van der Waals surface area (Å²) in [5.74, 6) is 0.470. The van der Waals surface area contributed by atoms with Gasteiger partial charge in [0.05, 0.1) is 13.1 Å². The third-order valence-electron chi connectivity index (χ3n) is 5.11. The molecule has 0 saturated heterocycles. The second-order valence-electron chi connectivity index (χ2n) is 7.35. The fourth-order valence-corrected chi connectivity index (χ4v) is 5.12. The first kappa shape index (κ1) is 20.1. The summed E-state index contributed by atoms with van der Waals surface area (Å²) in [5.41, 5.74) is 0. The summed E-state index contributed by atoms with van der Waals surface area (Å²) in [7, 11) is 0. The number of hydrogen-bond donors (Lipinski definition) is 1. The van der Waals surface area contributed by atoms with Gasteiger partial charge in [-0.1, -0.05) is 31.4 Å². The van der Waals surface area contributed by atoms with Gasteiger partial charge in [-0.2, -0.15) is 0 Å². The highest BCUT2D eigenvalue weighted by Gasteiger charge is 2.24. The van der Waals surface area contributed by atoms with Crippen LogP contribution in [-0.2, 0) is 22.7 Å². The summed E-state index contributed by atoms with van der Waals surface area (Å²) >= 11 is 3.30. The lowest BCUT2D eigenvalue weighted by molar-refractivity contribution is -0.137. The van der Waals surface area contributed by atoms with E-state index in [0.717, 1.165) is 22.6 Å². The van der Waals surface area contributed by atoms with Gasteiger partial charge in [0.2, 0.25) is 11.8 Å². The molecule has 1 N–H and O–H groups in total. The van der Waals surface area contributed by atoms with E-state index < -0.39 is 6.04 Å². The Morgan fingerprint density at radius 2 is 1.67 bits per heavy atom. The van der Waals surface area contributed by atoms with Crippen LogP contribution in [0.2, 0.25) is 0 Å². The van der Waals surface area contributed by atoms with E-state index in [1.165, 1.54) is 19.3 Å². The van der Waals surface area contributed by atoms with Crippen LogP contribution < -0.4 is 5.32 Å². The Balaban J connectivity index is 1.58. The Morgan fingerprint density at radius 1 is 1.07 bits per heavy atom. The minimum atomic E-state index is -0.499. The van der Waals surface area contributed by atoms with Gasteiger partial charge in [-0.3, -0.25) is 9.59 Å². The number of amides is 2. The summed E-state index contributed by atoms with van der Waals surface area (Å²) in [5, 5.41) is 7.00. The molecule has 1 fully saturated rings. The van der Waals surface area contributed by atoms with Gasteiger partial charge in [0.15, 0.2) is 0 Å². The van der Waals surface area contributed by atoms with E-state index in [9.17, 15) is 9.59 Å². The van der Waals surface area contributed by atoms with Crippen molar-refractivity contribution in [3.63, 3.8) is 0 Å². The average Bonchev–Trinajstić information content (AvgIpc) is 3.35. The molecule has 1 atom stereocenters. The Bertz CT molecular complexity index is 670. The zero-order chi connectivity index (χ0) is 19.1. The molecule has 2 amide bonds. The van der Waals surface area contributed by atoms with Gasteiger partial charge in [-0.25, -0.2) is 0 Å². The number of thiophene rings is 2. The molecule has 0 bridgehead atoms. The number of nitrogens with zero attached hydrogens (tertiary/aromatic N) is 1. The lowest BCUT2D eigenvalue weighted by Gasteiger charge is -2.26. The van der Waals surface area contributed by atoms with Crippen molar-refractivity contribution in [3.8, 4) is 0 Å². The van der Waals surface area contributed by atoms with Crippen molar-refractivity contribution in [2.24, 2.45) is 5.92 Å². The van der Waals surface area contributed by atoms with E-state index in [0.29, 0.717) is 25.4 Å². The molecule has 0 aliphatic heterocycles. The number of rotatable bonds is 8. The quantitative estimate of drug-likeness (QED) is 0.686. The molecular weight excluding hydrogens is 376 g/mol. The van der Waals surface area contributed by atoms with Crippen LogP contribution in [0.1, 0.15) is 55.2 Å². The van der Waals surface area contributed by atoms with Crippen molar-refractivity contribution < 1.29 is 9.59 Å². The second kappa shape index (κ2) is 10.0. The molecular formula is C21H28N2O2S2. The molecule has 2 heterocycles. The number of hydrogen-bond acceptors (Lipinski definition) is 4. The van der Waals surface area contributed by atoms with Crippen LogP contribution in [0.4, 0.5) is 0 Å². The molecule has 1 unspecified atom stereocenters. The second-order valence-corrected chi connectivity index (χ2v) is 9.41. The molecule has 1 saturated carbocycles. The lowest BCUT2D eigenvalue weighted by atomic mass is 9.87. The normalized spacial score (nSPS) is 16.0. The highest BCUT2D eigenvalue weighted by Crippen LogP contribution is 2.26. The van der Waals surface area contributed by atoms with Crippen LogP contribution in [-0.4, -0.2) is 22.8 Å². The van der Waals surface area contributed by atoms with Crippen molar-refractivity contribution in [3.05, 3.63) is 44.8 Å². The Hall–Kier alpha value is -1.66. The molecule has 4 nitrogen and oxygen atoms in total. The maximum atomic E-state index is 13.0. The van der Waals surface area contributed by atoms with Gasteiger partial charge >= 0.3 is 0 Å². The van der Waals surface area contributed by atoms with Crippen molar-refractivity contribution in [2.45, 2.75) is 64.6 Å². The molecule has 6 heteroatoms. The van der Waals surface area contributed by atoms with E-state index in [4.69, 9.17) is 0 Å². The van der Waals surface area contributed by atoms with E-state index in [2.05, 4.69) is 5.32 Å². The largest absolute Gasteiger partial charge is 0.345 e. The van der Waals surface area contributed by atoms with E-state index >= 15 is 0 Å². The topological polar surface area (TPSA) is 49.4 Å². The monoisotopic (exact) mass is 404 g/mol. The maximum Gasteiger partial charge on any atom is 0.245 e. The van der Waals surface area contributed by atoms with Crippen LogP contribution in [0.3, 0.4) is 0 Å². The zero-order valence-corrected chi connectivity index (χ0v) is 17.5. The number of carbonyl (C=O) groups excluding carboxylic acids is 2. The number of nitrogens with one attached hydrogen (secondary N) is 1. The molecule has 3 rings (SSSR count). The highest BCUT2D eigenvalue weighted by atomic mass is 32.1. The number of carbonyl (C=O) groups is 2. The third-order valence-corrected chi connectivity index (χ3v) is 6.83. The van der Waals surface area contributed by atoms with E-state index in [-0.39, 0.29) is 11.8 Å². The van der Waals surface area contributed by atoms with Gasteiger partial charge in [0.25, 0.3) is 0 Å². The zero-order valence-electron chi connectivity index (χ0n) is 15.9. The van der Waals surface area contributed by atoms with Gasteiger partial charge in [-0.15, -0.1) is 22.7 Å². The Labute approximate surface area is 169 Å². The van der Waals surface area contributed by atoms with E-state index in [1.54, 1.807) is 29.6 Å². The maximum absolute atomic E-state index is 13.0. The van der Waals surface area contributed by atoms with Gasteiger partial charge in [0, 0.05) is 16.2 Å². The molecule has 27 heavy (non-hydrogen) atoms. The predicted octanol–water partition coefficient (Wildman–Crippen LogP) is 4.81. The first-order valence-corrected chi connectivity index (χ1v) is 11.5. The van der Waals surface area contributed by atoms with Crippen molar-refractivity contribution in [1.29, 1.82) is 0 Å². The molecule has 0 aromatic carbocycles. The highest BCUT2D eigenvalue weighted by molar-refractivity contribution is 7.10. The summed E-state index contributed by atoms with van der Waals surface area (Å²) < 4.78 is 0.